The molecule has 0 fully saturated rings. The Morgan fingerprint density at radius 1 is 0.913 bits per heavy atom. The molecule has 23 heavy (non-hydrogen) atoms. The molecule has 0 saturated heterocycles. The minimum absolute atomic E-state index is 0.732. The third-order valence-corrected chi connectivity index (χ3v) is 5.79. The van der Waals surface area contributed by atoms with Gasteiger partial charge in [0.25, 0.3) is 20.2 Å². The van der Waals surface area contributed by atoms with Crippen molar-refractivity contribution in [3.63, 3.8) is 0 Å². The highest BCUT2D eigenvalue weighted by molar-refractivity contribution is 7.89. The van der Waals surface area contributed by atoms with Crippen LogP contribution in [0.25, 0.3) is 4.98 Å². The first kappa shape index (κ1) is 19.5. The maximum absolute atomic E-state index is 11.3. The summed E-state index contributed by atoms with van der Waals surface area (Å²) in [5.74, 6) is -1.19. The summed E-state index contributed by atoms with van der Waals surface area (Å²) in [4.78, 5) is -2.77. The summed E-state index contributed by atoms with van der Waals surface area (Å²) in [5, 5.41) is 7.33. The second-order valence-corrected chi connectivity index (χ2v) is 8.16. The van der Waals surface area contributed by atoms with Gasteiger partial charge >= 0.3 is 15.8 Å². The van der Waals surface area contributed by atoms with E-state index in [4.69, 9.17) is 30.7 Å². The van der Waals surface area contributed by atoms with Crippen LogP contribution in [0.3, 0.4) is 0 Å². The minimum Gasteiger partial charge on any atom is -0.488 e. The number of rotatable bonds is 4. The third kappa shape index (κ3) is 3.53. The molecule has 0 saturated carbocycles. The van der Waals surface area contributed by atoms with Crippen LogP contribution < -0.4 is 4.74 Å². The maximum Gasteiger partial charge on any atom is 0.450 e. The molecular weight excluding hydrogens is 404 g/mol. The standard InChI is InChI=1S/C7H5ClN2O10S3/c1-20-4-3(10-9)7(23(17,18)19)6(22(14,15)16)2(8)5(4)21(11,12)13/h1H3,(H2-,11,12,13,14,15,16,17,18,19)/p+1. The zero-order chi connectivity index (χ0) is 18.4. The summed E-state index contributed by atoms with van der Waals surface area (Å²) in [6.07, 6.45) is 0. The monoisotopic (exact) mass is 409 g/mol. The lowest BCUT2D eigenvalue weighted by Crippen LogP contribution is -2.14. The van der Waals surface area contributed by atoms with Crippen molar-refractivity contribution in [1.29, 1.82) is 5.39 Å². The van der Waals surface area contributed by atoms with E-state index in [-0.39, 0.29) is 0 Å². The van der Waals surface area contributed by atoms with E-state index in [1.165, 1.54) is 0 Å². The summed E-state index contributed by atoms with van der Waals surface area (Å²) in [7, 11) is -15.7. The van der Waals surface area contributed by atoms with Crippen molar-refractivity contribution in [2.24, 2.45) is 0 Å². The van der Waals surface area contributed by atoms with Gasteiger partial charge in [0.15, 0.2) is 9.87 Å². The highest BCUT2D eigenvalue weighted by Gasteiger charge is 2.45. The van der Waals surface area contributed by atoms with Crippen LogP contribution in [0.2, 0.25) is 5.02 Å². The molecule has 0 aliphatic rings. The number of hydrogen-bond acceptors (Lipinski definition) is 8. The summed E-state index contributed by atoms with van der Waals surface area (Å²) in [5.41, 5.74) is -1.43. The summed E-state index contributed by atoms with van der Waals surface area (Å²) >= 11 is 5.44. The zero-order valence-corrected chi connectivity index (χ0v) is 13.9. The first-order chi connectivity index (χ1) is 10.2. The molecule has 0 bridgehead atoms. The fourth-order valence-corrected chi connectivity index (χ4v) is 5.24. The average Bonchev–Trinajstić information content (AvgIpc) is 2.32. The maximum atomic E-state index is 11.3. The number of halogens is 1. The Hall–Kier alpha value is -1.54. The van der Waals surface area contributed by atoms with Gasteiger partial charge in [0, 0.05) is 0 Å². The van der Waals surface area contributed by atoms with Crippen molar-refractivity contribution >= 4 is 47.6 Å². The highest BCUT2D eigenvalue weighted by Crippen LogP contribution is 2.48. The van der Waals surface area contributed by atoms with Gasteiger partial charge in [-0.15, -0.1) is 0 Å². The van der Waals surface area contributed by atoms with Crippen LogP contribution in [-0.4, -0.2) is 46.0 Å². The molecule has 1 rings (SSSR count). The van der Waals surface area contributed by atoms with E-state index in [9.17, 15) is 25.3 Å². The van der Waals surface area contributed by atoms with E-state index < -0.39 is 61.5 Å². The first-order valence-corrected chi connectivity index (χ1v) is 9.58. The largest absolute Gasteiger partial charge is 0.488 e. The predicted molar refractivity (Wildman–Crippen MR) is 72.2 cm³/mol. The van der Waals surface area contributed by atoms with Crippen molar-refractivity contribution in [2.75, 3.05) is 7.11 Å². The second kappa shape index (κ2) is 5.83. The number of hydrogen-bond donors (Lipinski definition) is 3. The lowest BCUT2D eigenvalue weighted by molar-refractivity contribution is 0.396. The van der Waals surface area contributed by atoms with Gasteiger partial charge in [-0.25, -0.2) is 0 Å². The number of ether oxygens (including phenoxy) is 1. The van der Waals surface area contributed by atoms with E-state index >= 15 is 0 Å². The van der Waals surface area contributed by atoms with Gasteiger partial charge < -0.3 is 4.74 Å². The van der Waals surface area contributed by atoms with Crippen molar-refractivity contribution in [1.82, 2.24) is 0 Å². The molecule has 16 heteroatoms. The van der Waals surface area contributed by atoms with Crippen molar-refractivity contribution < 1.29 is 43.6 Å². The Morgan fingerprint density at radius 3 is 1.57 bits per heavy atom. The molecular formula is C7H6ClN2O10S3+. The van der Waals surface area contributed by atoms with Crippen LogP contribution in [0.5, 0.6) is 5.75 Å². The number of diazo groups is 1. The molecule has 0 atom stereocenters. The zero-order valence-electron chi connectivity index (χ0n) is 10.7. The van der Waals surface area contributed by atoms with Gasteiger partial charge in [0.05, 0.1) is 12.1 Å². The molecule has 0 radical (unpaired) electrons. The Bertz CT molecular complexity index is 1040. The Kier molecular flexibility index (Phi) is 4.94. The smallest absolute Gasteiger partial charge is 0.450 e. The number of nitrogens with zero attached hydrogens (tertiary/aromatic N) is 2. The predicted octanol–water partition coefficient (Wildman–Crippen LogP) is 0.573. The van der Waals surface area contributed by atoms with Gasteiger partial charge in [-0.1, -0.05) is 11.6 Å². The molecule has 3 N–H and O–H groups in total. The van der Waals surface area contributed by atoms with Crippen LogP contribution in [0, 0.1) is 5.39 Å². The Balaban J connectivity index is 4.54. The van der Waals surface area contributed by atoms with E-state index in [0.29, 0.717) is 0 Å². The summed E-state index contributed by atoms with van der Waals surface area (Å²) in [6.45, 7) is 0. The Labute approximate surface area is 134 Å². The fourth-order valence-electron chi connectivity index (χ4n) is 1.60. The summed E-state index contributed by atoms with van der Waals surface area (Å²) < 4.78 is 99.6. The lowest BCUT2D eigenvalue weighted by Gasteiger charge is -2.11. The average molecular weight is 410 g/mol. The Morgan fingerprint density at radius 2 is 1.30 bits per heavy atom. The molecule has 0 aromatic heterocycles. The number of methoxy groups -OCH3 is 1. The molecule has 12 nitrogen and oxygen atoms in total. The van der Waals surface area contributed by atoms with Gasteiger partial charge in [0.1, 0.15) is 4.90 Å². The van der Waals surface area contributed by atoms with Crippen LogP contribution in [0.15, 0.2) is 14.7 Å². The van der Waals surface area contributed by atoms with E-state index in [2.05, 4.69) is 9.71 Å². The van der Waals surface area contributed by atoms with E-state index in [1.54, 1.807) is 0 Å². The first-order valence-electron chi connectivity index (χ1n) is 4.89. The normalized spacial score (nSPS) is 12.7. The minimum atomic E-state index is -5.56. The molecule has 0 aliphatic carbocycles. The molecule has 0 amide bonds. The van der Waals surface area contributed by atoms with Crippen molar-refractivity contribution in [3.8, 4) is 5.75 Å². The molecule has 128 valence electrons. The third-order valence-electron chi connectivity index (χ3n) is 2.32. The van der Waals surface area contributed by atoms with Crippen molar-refractivity contribution in [3.05, 3.63) is 10.00 Å². The SMILES string of the molecule is COc1c([N+]#N)c(S(=O)(=O)O)c(S(=O)(=O)O)c(Cl)c1S(=O)(=O)O. The van der Waals surface area contributed by atoms with Crippen LogP contribution in [-0.2, 0) is 30.4 Å². The van der Waals surface area contributed by atoms with Gasteiger partial charge in [-0.05, 0) is 0 Å². The van der Waals surface area contributed by atoms with E-state index in [1.807, 2.05) is 0 Å². The molecule has 0 spiro atoms. The van der Waals surface area contributed by atoms with Gasteiger partial charge in [0.2, 0.25) is 16.0 Å². The molecule has 1 aromatic rings. The van der Waals surface area contributed by atoms with Crippen LogP contribution in [0.4, 0.5) is 5.69 Å². The highest BCUT2D eigenvalue weighted by atomic mass is 35.5. The topological polar surface area (TPSA) is 200 Å². The van der Waals surface area contributed by atoms with Crippen molar-refractivity contribution in [2.45, 2.75) is 14.7 Å². The number of benzene rings is 1. The second-order valence-electron chi connectivity index (χ2n) is 3.71. The van der Waals surface area contributed by atoms with Crippen LogP contribution >= 0.6 is 11.6 Å². The molecule has 1 aromatic carbocycles. The molecule has 0 heterocycles. The lowest BCUT2D eigenvalue weighted by atomic mass is 10.3. The summed E-state index contributed by atoms with van der Waals surface area (Å²) in [6, 6.07) is 0. The molecule has 0 unspecified atom stereocenters. The van der Waals surface area contributed by atoms with Gasteiger partial charge in [-0.3, -0.25) is 13.7 Å². The fraction of sp³-hybridized carbons (Fsp3) is 0.143. The molecule has 0 aliphatic heterocycles. The van der Waals surface area contributed by atoms with Crippen LogP contribution in [0.1, 0.15) is 0 Å². The van der Waals surface area contributed by atoms with E-state index in [0.717, 1.165) is 7.11 Å². The van der Waals surface area contributed by atoms with Gasteiger partial charge in [-0.2, -0.15) is 25.3 Å². The quantitative estimate of drug-likeness (QED) is 0.463.